The number of benzene rings is 2. The molecule has 354 valence electrons. The highest BCUT2D eigenvalue weighted by molar-refractivity contribution is 5.94. The number of amides is 6. The number of nitrogens with one attached hydrogen (secondary N) is 6. The Morgan fingerprint density at radius 1 is 0.606 bits per heavy atom. The summed E-state index contributed by atoms with van der Waals surface area (Å²) in [5, 5.41) is 17.7. The summed E-state index contributed by atoms with van der Waals surface area (Å²) < 4.78 is 11.5. The predicted molar refractivity (Wildman–Crippen MR) is 248 cm³/mol. The standard InChI is InChI=1S/C50H66N8O8/c1-33(51-3)45(59)55-41(49(63)57-27-15-25-43(57)47(61)53-39-23-13-19-35-17-7-9-21-37(35)39)31-65-29-11-5-6-12-30-66-32-42(56-46(60)34(2)52-4)50(64)58-28-16-26-44(58)48(62)54-40-24-14-20-36-18-8-10-22-38(36)40/h7-10,17-18,21-22,33-34,39-44,51-52H,13-16,19-20,23-32H2,1-4H3,(H,53,61)(H,54,62)(H,55,59)(H,56,60)/t33-,34-,39+,40+,41-,42?,43?,44-/m0/s1. The van der Waals surface area contributed by atoms with Gasteiger partial charge >= 0.3 is 0 Å². The van der Waals surface area contributed by atoms with Crippen molar-refractivity contribution in [3.8, 4) is 23.7 Å². The first-order valence-electron chi connectivity index (χ1n) is 23.4. The molecule has 2 aliphatic heterocycles. The molecule has 0 aromatic heterocycles. The summed E-state index contributed by atoms with van der Waals surface area (Å²) in [6.45, 7) is 3.60. The Kier molecular flexibility index (Phi) is 18.6. The molecule has 0 spiro atoms. The number of hydrogen-bond donors (Lipinski definition) is 6. The quantitative estimate of drug-likeness (QED) is 0.0944. The lowest BCUT2D eigenvalue weighted by Gasteiger charge is -2.31. The van der Waals surface area contributed by atoms with E-state index < -0.39 is 48.1 Å². The van der Waals surface area contributed by atoms with Crippen LogP contribution in [0.2, 0.25) is 0 Å². The first-order valence-corrected chi connectivity index (χ1v) is 23.4. The van der Waals surface area contributed by atoms with E-state index in [9.17, 15) is 28.8 Å². The number of fused-ring (bicyclic) bond motifs is 2. The first kappa shape index (κ1) is 49.6. The highest BCUT2D eigenvalue weighted by Gasteiger charge is 2.41. The number of aryl methyl sites for hydroxylation is 2. The Balaban J connectivity index is 1.00. The van der Waals surface area contributed by atoms with Crippen LogP contribution in [0.3, 0.4) is 0 Å². The molecular weight excluding hydrogens is 841 g/mol. The van der Waals surface area contributed by atoms with E-state index >= 15 is 0 Å². The van der Waals surface area contributed by atoms with E-state index in [1.165, 1.54) is 11.1 Å². The molecule has 16 heteroatoms. The minimum absolute atomic E-state index is 0.0914. The smallest absolute Gasteiger partial charge is 0.248 e. The maximum Gasteiger partial charge on any atom is 0.248 e. The van der Waals surface area contributed by atoms with Crippen molar-refractivity contribution < 1.29 is 38.2 Å². The molecule has 0 saturated carbocycles. The Hall–Kier alpha value is -5.78. The van der Waals surface area contributed by atoms with Crippen molar-refractivity contribution in [2.75, 3.05) is 53.6 Å². The number of ether oxygens (including phenoxy) is 2. The Morgan fingerprint density at radius 2 is 1.02 bits per heavy atom. The van der Waals surface area contributed by atoms with Gasteiger partial charge in [-0.3, -0.25) is 28.8 Å². The van der Waals surface area contributed by atoms with Gasteiger partial charge in [0.2, 0.25) is 35.4 Å². The van der Waals surface area contributed by atoms with E-state index in [1.54, 1.807) is 37.7 Å². The molecule has 2 aromatic rings. The van der Waals surface area contributed by atoms with Gasteiger partial charge in [-0.05, 0) is 126 Å². The van der Waals surface area contributed by atoms with Gasteiger partial charge in [-0.15, -0.1) is 0 Å². The molecular formula is C50H66N8O8. The molecule has 2 fully saturated rings. The van der Waals surface area contributed by atoms with E-state index in [4.69, 9.17) is 9.47 Å². The topological polar surface area (TPSA) is 200 Å². The van der Waals surface area contributed by atoms with Crippen molar-refractivity contribution in [3.05, 3.63) is 70.8 Å². The number of nitrogens with zero attached hydrogens (tertiary/aromatic N) is 2. The lowest BCUT2D eigenvalue weighted by molar-refractivity contribution is -0.143. The number of carbonyl (C=O) groups is 6. The largest absolute Gasteiger partial charge is 0.366 e. The van der Waals surface area contributed by atoms with Gasteiger partial charge in [0.05, 0.1) is 37.4 Å². The molecule has 66 heavy (non-hydrogen) atoms. The summed E-state index contributed by atoms with van der Waals surface area (Å²) in [4.78, 5) is 84.3. The lowest BCUT2D eigenvalue weighted by atomic mass is 9.87. The zero-order valence-electron chi connectivity index (χ0n) is 38.7. The van der Waals surface area contributed by atoms with Gasteiger partial charge in [0.15, 0.2) is 0 Å². The van der Waals surface area contributed by atoms with Gasteiger partial charge in [-0.2, -0.15) is 0 Å². The van der Waals surface area contributed by atoms with Crippen molar-refractivity contribution in [1.82, 2.24) is 41.7 Å². The molecule has 2 unspecified atom stereocenters. The summed E-state index contributed by atoms with van der Waals surface area (Å²) in [6, 6.07) is 11.4. The highest BCUT2D eigenvalue weighted by Crippen LogP contribution is 2.32. The van der Waals surface area contributed by atoms with E-state index in [2.05, 4.69) is 67.7 Å². The molecule has 16 nitrogen and oxygen atoms in total. The number of carbonyl (C=O) groups excluding carboxylic acids is 6. The fraction of sp³-hybridized carbons (Fsp3) is 0.560. The number of likely N-dealkylation sites (N-methyl/N-ethyl adjacent to an activating group) is 2. The third kappa shape index (κ3) is 13.0. The molecule has 6 rings (SSSR count). The monoisotopic (exact) mass is 907 g/mol. The molecule has 0 bridgehead atoms. The van der Waals surface area contributed by atoms with Crippen molar-refractivity contribution in [2.24, 2.45) is 0 Å². The summed E-state index contributed by atoms with van der Waals surface area (Å²) in [6.07, 6.45) is 7.87. The SMILES string of the molecule is CN[C@@H](C)C(=O)NC(COCC#CC#CCOC[C@H](NC(=O)[C@H](C)NC)C(=O)N1CCCC1C(=O)N[C@@H]1CCCc2ccccc21)C(=O)N1CCC[C@H]1C(=O)N[C@@H]1CCCc2ccccc21. The second-order valence-corrected chi connectivity index (χ2v) is 17.5. The van der Waals surface area contributed by atoms with Gasteiger partial charge in [0.1, 0.15) is 37.4 Å². The van der Waals surface area contributed by atoms with Gasteiger partial charge in [-0.25, -0.2) is 0 Å². The zero-order valence-corrected chi connectivity index (χ0v) is 38.7. The van der Waals surface area contributed by atoms with Crippen LogP contribution in [0.25, 0.3) is 0 Å². The van der Waals surface area contributed by atoms with Gasteiger partial charge in [-0.1, -0.05) is 60.4 Å². The summed E-state index contributed by atoms with van der Waals surface area (Å²) in [5.41, 5.74) is 4.68. The maximum absolute atomic E-state index is 14.0. The Bertz CT molecular complexity index is 2030. The number of hydrogen-bond acceptors (Lipinski definition) is 10. The van der Waals surface area contributed by atoms with Crippen LogP contribution in [0.15, 0.2) is 48.5 Å². The highest BCUT2D eigenvalue weighted by atomic mass is 16.5. The second kappa shape index (κ2) is 24.7. The molecule has 2 aliphatic carbocycles. The molecule has 6 N–H and O–H groups in total. The minimum Gasteiger partial charge on any atom is -0.366 e. The average Bonchev–Trinajstić information content (AvgIpc) is 4.05. The lowest BCUT2D eigenvalue weighted by Crippen LogP contribution is -2.57. The summed E-state index contributed by atoms with van der Waals surface area (Å²) in [5.74, 6) is 8.96. The fourth-order valence-electron chi connectivity index (χ4n) is 9.17. The van der Waals surface area contributed by atoms with Crippen molar-refractivity contribution in [3.63, 3.8) is 0 Å². The van der Waals surface area contributed by atoms with Crippen LogP contribution in [0.4, 0.5) is 0 Å². The number of likely N-dealkylation sites (tertiary alicyclic amines) is 2. The van der Waals surface area contributed by atoms with Gasteiger partial charge in [0.25, 0.3) is 0 Å². The van der Waals surface area contributed by atoms with Crippen LogP contribution < -0.4 is 31.9 Å². The molecule has 0 radical (unpaired) electrons. The normalized spacial score (nSPS) is 21.5. The molecule has 2 saturated heterocycles. The molecule has 8 atom stereocenters. The molecule has 2 aromatic carbocycles. The van der Waals surface area contributed by atoms with E-state index in [1.807, 2.05) is 36.4 Å². The van der Waals surface area contributed by atoms with Crippen LogP contribution in [-0.4, -0.2) is 135 Å². The van der Waals surface area contributed by atoms with Crippen LogP contribution in [-0.2, 0) is 51.1 Å². The molecule has 4 aliphatic rings. The molecule has 2 heterocycles. The first-order chi connectivity index (χ1) is 32.0. The third-order valence-corrected chi connectivity index (χ3v) is 13.1. The van der Waals surface area contributed by atoms with Crippen molar-refractivity contribution in [2.45, 2.75) is 126 Å². The van der Waals surface area contributed by atoms with Crippen LogP contribution in [0, 0.1) is 23.7 Å². The van der Waals surface area contributed by atoms with Crippen molar-refractivity contribution in [1.29, 1.82) is 0 Å². The van der Waals surface area contributed by atoms with E-state index in [-0.39, 0.29) is 62.1 Å². The van der Waals surface area contributed by atoms with Crippen molar-refractivity contribution >= 4 is 35.4 Å². The molecule has 6 amide bonds. The van der Waals surface area contributed by atoms with Gasteiger partial charge < -0.3 is 51.2 Å². The second-order valence-electron chi connectivity index (χ2n) is 17.5. The van der Waals surface area contributed by atoms with Crippen LogP contribution in [0.1, 0.15) is 99.6 Å². The zero-order chi connectivity index (χ0) is 47.0. The van der Waals surface area contributed by atoms with Gasteiger partial charge in [0, 0.05) is 13.1 Å². The minimum atomic E-state index is -1.05. The third-order valence-electron chi connectivity index (χ3n) is 13.1. The van der Waals surface area contributed by atoms with E-state index in [0.29, 0.717) is 38.8 Å². The Labute approximate surface area is 388 Å². The Morgan fingerprint density at radius 3 is 1.42 bits per heavy atom. The average molecular weight is 907 g/mol. The van der Waals surface area contributed by atoms with E-state index in [0.717, 1.165) is 49.7 Å². The van der Waals surface area contributed by atoms with Crippen LogP contribution >= 0.6 is 0 Å². The summed E-state index contributed by atoms with van der Waals surface area (Å²) >= 11 is 0. The predicted octanol–water partition coefficient (Wildman–Crippen LogP) is 1.58. The summed E-state index contributed by atoms with van der Waals surface area (Å²) in [7, 11) is 3.29. The number of rotatable bonds is 18. The fourth-order valence-corrected chi connectivity index (χ4v) is 9.17. The maximum atomic E-state index is 14.0. The van der Waals surface area contributed by atoms with Crippen LogP contribution in [0.5, 0.6) is 0 Å².